The Bertz CT molecular complexity index is 696. The maximum atomic E-state index is 12.7. The van der Waals surface area contributed by atoms with Gasteiger partial charge in [0, 0.05) is 51.7 Å². The van der Waals surface area contributed by atoms with Crippen LogP contribution in [0.3, 0.4) is 0 Å². The maximum Gasteiger partial charge on any atom is 0.269 e. The highest BCUT2D eigenvalue weighted by atomic mass is 16.5. The monoisotopic (exact) mass is 389 g/mol. The normalized spacial score (nSPS) is 25.8. The van der Waals surface area contributed by atoms with Gasteiger partial charge in [0.05, 0.1) is 25.7 Å². The molecule has 2 atom stereocenters. The van der Waals surface area contributed by atoms with Crippen molar-refractivity contribution in [1.29, 1.82) is 0 Å². The summed E-state index contributed by atoms with van der Waals surface area (Å²) >= 11 is 0. The molecule has 8 heteroatoms. The number of aromatic nitrogens is 2. The second-order valence-corrected chi connectivity index (χ2v) is 8.32. The lowest BCUT2D eigenvalue weighted by molar-refractivity contribution is -0.136. The van der Waals surface area contributed by atoms with Crippen LogP contribution in [0.5, 0.6) is 0 Å². The molecular formula is C20H31N5O3. The molecule has 1 aromatic rings. The minimum absolute atomic E-state index is 0.0841. The van der Waals surface area contributed by atoms with Crippen LogP contribution in [0.15, 0.2) is 12.5 Å². The number of carbonyl (C=O) groups excluding carboxylic acids is 2. The van der Waals surface area contributed by atoms with E-state index >= 15 is 0 Å². The Labute approximate surface area is 166 Å². The van der Waals surface area contributed by atoms with Gasteiger partial charge in [-0.15, -0.1) is 0 Å². The van der Waals surface area contributed by atoms with E-state index in [2.05, 4.69) is 15.2 Å². The minimum Gasteiger partial charge on any atom is -0.378 e. The number of imidazole rings is 1. The van der Waals surface area contributed by atoms with E-state index in [1.54, 1.807) is 17.1 Å². The zero-order valence-corrected chi connectivity index (χ0v) is 16.7. The van der Waals surface area contributed by atoms with E-state index < -0.39 is 0 Å². The number of rotatable bonds is 7. The smallest absolute Gasteiger partial charge is 0.269 e. The molecule has 2 saturated heterocycles. The van der Waals surface area contributed by atoms with E-state index in [9.17, 15) is 9.59 Å². The number of nitrogens with one attached hydrogen (secondary N) is 1. The maximum absolute atomic E-state index is 12.7. The van der Waals surface area contributed by atoms with Crippen molar-refractivity contribution in [2.24, 2.45) is 13.0 Å². The third-order valence-corrected chi connectivity index (χ3v) is 6.26. The van der Waals surface area contributed by atoms with Crippen LogP contribution in [0.2, 0.25) is 0 Å². The highest BCUT2D eigenvalue weighted by Gasteiger charge is 2.38. The summed E-state index contributed by atoms with van der Waals surface area (Å²) in [5.74, 6) is 0.919. The number of morpholine rings is 1. The topological polar surface area (TPSA) is 79.7 Å². The number of hydrogen-bond acceptors (Lipinski definition) is 5. The van der Waals surface area contributed by atoms with Crippen molar-refractivity contribution < 1.29 is 14.3 Å². The standard InChI is InChI=1S/C20H31N5O3/c1-23-14-21-12-18(23)20(27)22-11-17-5-4-16(25(17)13-15-2-3-15)10-19(26)24-6-8-28-9-7-24/h12,14-17H,2-11,13H2,1H3,(H,22,27)/t16-,17+/m1/s1. The predicted molar refractivity (Wildman–Crippen MR) is 104 cm³/mol. The molecule has 3 aliphatic rings. The first-order valence-electron chi connectivity index (χ1n) is 10.5. The number of nitrogens with zero attached hydrogens (tertiary/aromatic N) is 4. The first-order chi connectivity index (χ1) is 13.6. The average Bonchev–Trinajstić information content (AvgIpc) is 3.31. The Morgan fingerprint density at radius 1 is 1.18 bits per heavy atom. The highest BCUT2D eigenvalue weighted by molar-refractivity contribution is 5.92. The van der Waals surface area contributed by atoms with Crippen LogP contribution in [-0.2, 0) is 16.6 Å². The van der Waals surface area contributed by atoms with Crippen LogP contribution in [0.1, 0.15) is 42.6 Å². The fourth-order valence-corrected chi connectivity index (χ4v) is 4.37. The zero-order chi connectivity index (χ0) is 19.5. The molecule has 0 bridgehead atoms. The third-order valence-electron chi connectivity index (χ3n) is 6.26. The largest absolute Gasteiger partial charge is 0.378 e. The lowest BCUT2D eigenvalue weighted by Crippen LogP contribution is -2.47. The van der Waals surface area contributed by atoms with E-state index in [1.165, 1.54) is 12.8 Å². The third kappa shape index (κ3) is 4.55. The van der Waals surface area contributed by atoms with Crippen molar-refractivity contribution in [3.63, 3.8) is 0 Å². The number of ether oxygens (including phenoxy) is 1. The van der Waals surface area contributed by atoms with E-state index in [0.29, 0.717) is 51.0 Å². The van der Waals surface area contributed by atoms with E-state index in [0.717, 1.165) is 25.3 Å². The number of amides is 2. The fraction of sp³-hybridized carbons (Fsp3) is 0.750. The molecule has 0 spiro atoms. The molecule has 0 unspecified atom stereocenters. The molecule has 28 heavy (non-hydrogen) atoms. The van der Waals surface area contributed by atoms with Crippen LogP contribution < -0.4 is 5.32 Å². The molecular weight excluding hydrogens is 358 g/mol. The SMILES string of the molecule is Cn1cncc1C(=O)NC[C@@H]1CC[C@H](CC(=O)N2CCOCC2)N1CC1CC1. The van der Waals surface area contributed by atoms with Gasteiger partial charge in [-0.25, -0.2) is 4.98 Å². The van der Waals surface area contributed by atoms with Crippen molar-refractivity contribution in [3.8, 4) is 0 Å². The molecule has 1 saturated carbocycles. The van der Waals surface area contributed by atoms with Crippen LogP contribution in [0, 0.1) is 5.92 Å². The van der Waals surface area contributed by atoms with Crippen LogP contribution in [0.25, 0.3) is 0 Å². The van der Waals surface area contributed by atoms with Crippen LogP contribution >= 0.6 is 0 Å². The highest BCUT2D eigenvalue weighted by Crippen LogP contribution is 2.35. The van der Waals surface area contributed by atoms with Gasteiger partial charge < -0.3 is 19.5 Å². The lowest BCUT2D eigenvalue weighted by Gasteiger charge is -2.33. The summed E-state index contributed by atoms with van der Waals surface area (Å²) in [6.45, 7) is 4.37. The summed E-state index contributed by atoms with van der Waals surface area (Å²) in [5.41, 5.74) is 0.575. The molecule has 154 valence electrons. The van der Waals surface area contributed by atoms with Gasteiger partial charge in [0.15, 0.2) is 0 Å². The minimum atomic E-state index is -0.0841. The average molecular weight is 390 g/mol. The second kappa shape index (κ2) is 8.61. The Morgan fingerprint density at radius 3 is 2.61 bits per heavy atom. The van der Waals surface area contributed by atoms with E-state index in [1.807, 2.05) is 11.9 Å². The molecule has 1 aromatic heterocycles. The van der Waals surface area contributed by atoms with Crippen molar-refractivity contribution in [2.45, 2.75) is 44.2 Å². The Kier molecular flexibility index (Phi) is 5.96. The van der Waals surface area contributed by atoms with E-state index in [4.69, 9.17) is 4.74 Å². The quantitative estimate of drug-likeness (QED) is 0.740. The van der Waals surface area contributed by atoms with Crippen molar-refractivity contribution >= 4 is 11.8 Å². The Hall–Kier alpha value is -1.93. The fourth-order valence-electron chi connectivity index (χ4n) is 4.37. The van der Waals surface area contributed by atoms with Crippen LogP contribution in [0.4, 0.5) is 0 Å². The zero-order valence-electron chi connectivity index (χ0n) is 16.7. The molecule has 1 N–H and O–H groups in total. The number of carbonyl (C=O) groups is 2. The number of hydrogen-bond donors (Lipinski definition) is 1. The van der Waals surface area contributed by atoms with E-state index in [-0.39, 0.29) is 17.9 Å². The van der Waals surface area contributed by atoms with Gasteiger partial charge in [0.1, 0.15) is 5.69 Å². The van der Waals surface area contributed by atoms with Gasteiger partial charge >= 0.3 is 0 Å². The second-order valence-electron chi connectivity index (χ2n) is 8.32. The summed E-state index contributed by atoms with van der Waals surface area (Å²) in [6.07, 6.45) is 8.43. The molecule has 1 aliphatic carbocycles. The van der Waals surface area contributed by atoms with Gasteiger partial charge in [0.2, 0.25) is 5.91 Å². The number of likely N-dealkylation sites (tertiary alicyclic amines) is 1. The van der Waals surface area contributed by atoms with Crippen LogP contribution in [-0.4, -0.2) is 82.6 Å². The molecule has 2 amide bonds. The van der Waals surface area contributed by atoms with Crippen molar-refractivity contribution in [1.82, 2.24) is 24.7 Å². The summed E-state index contributed by atoms with van der Waals surface area (Å²) in [4.78, 5) is 33.6. The molecule has 0 radical (unpaired) electrons. The molecule has 0 aromatic carbocycles. The Balaban J connectivity index is 1.34. The van der Waals surface area contributed by atoms with Gasteiger partial charge in [-0.05, 0) is 31.6 Å². The molecule has 4 rings (SSSR count). The van der Waals surface area contributed by atoms with Gasteiger partial charge in [-0.2, -0.15) is 0 Å². The Morgan fingerprint density at radius 2 is 1.93 bits per heavy atom. The summed E-state index contributed by atoms with van der Waals surface area (Å²) in [6, 6.07) is 0.592. The molecule has 3 heterocycles. The number of aryl methyl sites for hydroxylation is 1. The van der Waals surface area contributed by atoms with Crippen molar-refractivity contribution in [3.05, 3.63) is 18.2 Å². The first-order valence-corrected chi connectivity index (χ1v) is 10.5. The van der Waals surface area contributed by atoms with Gasteiger partial charge in [0.25, 0.3) is 5.91 Å². The summed E-state index contributed by atoms with van der Waals surface area (Å²) in [5, 5.41) is 3.08. The first kappa shape index (κ1) is 19.4. The summed E-state index contributed by atoms with van der Waals surface area (Å²) < 4.78 is 7.09. The van der Waals surface area contributed by atoms with Gasteiger partial charge in [-0.1, -0.05) is 0 Å². The predicted octanol–water partition coefficient (Wildman–Crippen LogP) is 0.642. The molecule has 8 nitrogen and oxygen atoms in total. The lowest BCUT2D eigenvalue weighted by atomic mass is 10.1. The summed E-state index contributed by atoms with van der Waals surface area (Å²) in [7, 11) is 1.82. The molecule has 2 aliphatic heterocycles. The van der Waals surface area contributed by atoms with Gasteiger partial charge in [-0.3, -0.25) is 14.5 Å². The molecule has 3 fully saturated rings. The van der Waals surface area contributed by atoms with Crippen molar-refractivity contribution in [2.75, 3.05) is 39.4 Å².